The Kier molecular flexibility index (Phi) is 6.78. The van der Waals surface area contributed by atoms with Crippen LogP contribution in [0.5, 0.6) is 11.5 Å². The van der Waals surface area contributed by atoms with Crippen LogP contribution < -0.4 is 10.2 Å². The zero-order valence-corrected chi connectivity index (χ0v) is 18.0. The number of hydrazine groups is 1. The molecule has 0 spiro atoms. The molecule has 1 fully saturated rings. The molecule has 2 aromatic carbocycles. The predicted molar refractivity (Wildman–Crippen MR) is 117 cm³/mol. The van der Waals surface area contributed by atoms with Gasteiger partial charge in [0.25, 0.3) is 0 Å². The molecule has 3 rings (SSSR count). The fourth-order valence-electron chi connectivity index (χ4n) is 2.89. The number of piperidine rings is 1. The van der Waals surface area contributed by atoms with Crippen LogP contribution in [-0.2, 0) is 0 Å². The normalized spacial score (nSPS) is 15.4. The van der Waals surface area contributed by atoms with Gasteiger partial charge in [-0.05, 0) is 90.7 Å². The molecule has 0 unspecified atom stereocenters. The van der Waals surface area contributed by atoms with Gasteiger partial charge in [0.1, 0.15) is 17.8 Å². The quantitative estimate of drug-likeness (QED) is 0.322. The number of nitrogens with one attached hydrogen (secondary N) is 1. The number of nitrogens with zero attached hydrogens (tertiary/aromatic N) is 2. The van der Waals surface area contributed by atoms with E-state index in [0.29, 0.717) is 0 Å². The van der Waals surface area contributed by atoms with Crippen molar-refractivity contribution in [1.29, 1.82) is 0 Å². The molecule has 0 atom stereocenters. The highest BCUT2D eigenvalue weighted by molar-refractivity contribution is 14.1. The summed E-state index contributed by atoms with van der Waals surface area (Å²) in [4.78, 5) is 4.58. The second kappa shape index (κ2) is 9.06. The van der Waals surface area contributed by atoms with Crippen LogP contribution in [0.1, 0.15) is 30.4 Å². The van der Waals surface area contributed by atoms with Crippen molar-refractivity contribution in [3.63, 3.8) is 0 Å². The van der Waals surface area contributed by atoms with Crippen LogP contribution in [0.2, 0.25) is 5.02 Å². The van der Waals surface area contributed by atoms with E-state index in [1.54, 1.807) is 6.34 Å². The molecule has 0 bridgehead atoms. The zero-order chi connectivity index (χ0) is 18.5. The number of hydrogen-bond acceptors (Lipinski definition) is 3. The van der Waals surface area contributed by atoms with Gasteiger partial charge in [-0.25, -0.2) is 10.0 Å². The van der Waals surface area contributed by atoms with Crippen molar-refractivity contribution in [3.8, 4) is 11.5 Å². The van der Waals surface area contributed by atoms with Crippen molar-refractivity contribution in [2.45, 2.75) is 33.1 Å². The molecule has 1 aliphatic heterocycles. The maximum atomic E-state index is 6.08. The molecule has 1 aliphatic rings. The van der Waals surface area contributed by atoms with Crippen molar-refractivity contribution in [2.24, 2.45) is 4.99 Å². The Labute approximate surface area is 173 Å². The minimum atomic E-state index is 0.733. The molecule has 1 heterocycles. The lowest BCUT2D eigenvalue weighted by Crippen LogP contribution is -2.40. The Morgan fingerprint density at radius 1 is 1.12 bits per heavy atom. The molecule has 2 aromatic rings. The van der Waals surface area contributed by atoms with Gasteiger partial charge in [-0.2, -0.15) is 0 Å². The zero-order valence-electron chi connectivity index (χ0n) is 15.1. The summed E-state index contributed by atoms with van der Waals surface area (Å²) in [6.45, 7) is 6.24. The standard InChI is InChI=1S/C20H23ClIN3O/c1-14-11-20(26-16-6-7-17(21)18(22)12-16)15(2)10-19(14)23-13-24-25-8-4-3-5-9-25/h6-7,10-13H,3-5,8-9H2,1-2H3,(H,23,24). The van der Waals surface area contributed by atoms with Crippen LogP contribution in [0.25, 0.3) is 0 Å². The molecule has 0 aliphatic carbocycles. The fourth-order valence-corrected chi connectivity index (χ4v) is 3.50. The molecule has 0 saturated carbocycles. The number of rotatable bonds is 5. The van der Waals surface area contributed by atoms with Gasteiger partial charge in [-0.3, -0.25) is 0 Å². The van der Waals surface area contributed by atoms with Gasteiger partial charge in [-0.1, -0.05) is 18.0 Å². The molecule has 26 heavy (non-hydrogen) atoms. The van der Waals surface area contributed by atoms with E-state index >= 15 is 0 Å². The molecular formula is C20H23ClIN3O. The van der Waals surface area contributed by atoms with Gasteiger partial charge in [0.15, 0.2) is 0 Å². The van der Waals surface area contributed by atoms with Crippen LogP contribution >= 0.6 is 34.2 Å². The third-order valence-corrected chi connectivity index (χ3v) is 5.95. The molecular weight excluding hydrogens is 461 g/mol. The van der Waals surface area contributed by atoms with Crippen molar-refractivity contribution >= 4 is 46.2 Å². The first-order valence-corrected chi connectivity index (χ1v) is 10.3. The Bertz CT molecular complexity index is 804. The smallest absolute Gasteiger partial charge is 0.130 e. The first-order valence-electron chi connectivity index (χ1n) is 8.81. The van der Waals surface area contributed by atoms with Crippen LogP contribution in [0.3, 0.4) is 0 Å². The van der Waals surface area contributed by atoms with Crippen molar-refractivity contribution in [1.82, 2.24) is 10.4 Å². The number of halogens is 2. The Balaban J connectivity index is 1.69. The highest BCUT2D eigenvalue weighted by atomic mass is 127. The number of hydrogen-bond donors (Lipinski definition) is 1. The van der Waals surface area contributed by atoms with Gasteiger partial charge >= 0.3 is 0 Å². The molecule has 1 saturated heterocycles. The summed E-state index contributed by atoms with van der Waals surface area (Å²) >= 11 is 8.28. The summed E-state index contributed by atoms with van der Waals surface area (Å²) in [5.74, 6) is 1.62. The largest absolute Gasteiger partial charge is 0.457 e. The van der Waals surface area contributed by atoms with E-state index in [-0.39, 0.29) is 0 Å². The number of ether oxygens (including phenoxy) is 1. The Morgan fingerprint density at radius 3 is 2.62 bits per heavy atom. The summed E-state index contributed by atoms with van der Waals surface area (Å²) in [5.41, 5.74) is 6.35. The summed E-state index contributed by atoms with van der Waals surface area (Å²) in [5, 5.41) is 2.95. The van der Waals surface area contributed by atoms with E-state index in [0.717, 1.165) is 50.0 Å². The Morgan fingerprint density at radius 2 is 1.88 bits per heavy atom. The minimum absolute atomic E-state index is 0.733. The van der Waals surface area contributed by atoms with Gasteiger partial charge in [-0.15, -0.1) is 0 Å². The molecule has 138 valence electrons. The predicted octanol–water partition coefficient (Wildman–Crippen LogP) is 6.00. The second-order valence-corrected chi connectivity index (χ2v) is 8.09. The van der Waals surface area contributed by atoms with Crippen LogP contribution in [0, 0.1) is 17.4 Å². The van der Waals surface area contributed by atoms with E-state index < -0.39 is 0 Å². The maximum Gasteiger partial charge on any atom is 0.130 e. The number of aliphatic imine (C=N–C) groups is 1. The van der Waals surface area contributed by atoms with E-state index in [2.05, 4.69) is 44.1 Å². The number of aryl methyl sites for hydroxylation is 2. The van der Waals surface area contributed by atoms with E-state index in [9.17, 15) is 0 Å². The van der Waals surface area contributed by atoms with E-state index in [1.165, 1.54) is 19.3 Å². The molecule has 0 amide bonds. The lowest BCUT2D eigenvalue weighted by Gasteiger charge is -2.25. The van der Waals surface area contributed by atoms with Crippen LogP contribution in [0.4, 0.5) is 5.69 Å². The lowest BCUT2D eigenvalue weighted by molar-refractivity contribution is 0.197. The monoisotopic (exact) mass is 483 g/mol. The first-order chi connectivity index (χ1) is 12.5. The van der Waals surface area contributed by atoms with Crippen molar-refractivity contribution in [2.75, 3.05) is 13.1 Å². The molecule has 0 radical (unpaired) electrons. The van der Waals surface area contributed by atoms with Gasteiger partial charge in [0, 0.05) is 16.7 Å². The summed E-state index contributed by atoms with van der Waals surface area (Å²) in [7, 11) is 0. The SMILES string of the molecule is Cc1cc(Oc2ccc(Cl)c(I)c2)c(C)cc1/N=C/NN1CCCCC1. The van der Waals surface area contributed by atoms with E-state index in [4.69, 9.17) is 16.3 Å². The fraction of sp³-hybridized carbons (Fsp3) is 0.350. The first kappa shape index (κ1) is 19.5. The maximum absolute atomic E-state index is 6.08. The highest BCUT2D eigenvalue weighted by Gasteiger charge is 2.09. The Hall–Kier alpha value is -1.31. The third-order valence-electron chi connectivity index (χ3n) is 4.41. The van der Waals surface area contributed by atoms with Gasteiger partial charge in [0.2, 0.25) is 0 Å². The van der Waals surface area contributed by atoms with Crippen LogP contribution in [-0.4, -0.2) is 24.4 Å². The minimum Gasteiger partial charge on any atom is -0.457 e. The average molecular weight is 484 g/mol. The topological polar surface area (TPSA) is 36.9 Å². The molecule has 4 nitrogen and oxygen atoms in total. The van der Waals surface area contributed by atoms with Gasteiger partial charge in [0.05, 0.1) is 10.7 Å². The highest BCUT2D eigenvalue weighted by Crippen LogP contribution is 2.33. The third kappa shape index (κ3) is 5.11. The van der Waals surface area contributed by atoms with Gasteiger partial charge < -0.3 is 10.2 Å². The molecule has 6 heteroatoms. The summed E-state index contributed by atoms with van der Waals surface area (Å²) < 4.78 is 7.01. The van der Waals surface area contributed by atoms with Crippen LogP contribution in [0.15, 0.2) is 35.3 Å². The summed E-state index contributed by atoms with van der Waals surface area (Å²) in [6.07, 6.45) is 5.60. The van der Waals surface area contributed by atoms with Crippen molar-refractivity contribution < 1.29 is 4.74 Å². The van der Waals surface area contributed by atoms with Crippen molar-refractivity contribution in [3.05, 3.63) is 50.1 Å². The molecule has 1 N–H and O–H groups in total. The average Bonchev–Trinajstić information content (AvgIpc) is 2.63. The molecule has 0 aromatic heterocycles. The van der Waals surface area contributed by atoms with E-state index in [1.807, 2.05) is 38.1 Å². The lowest BCUT2D eigenvalue weighted by atomic mass is 10.1. The second-order valence-electron chi connectivity index (χ2n) is 6.52. The summed E-state index contributed by atoms with van der Waals surface area (Å²) in [6, 6.07) is 9.76. The number of benzene rings is 2.